The number of hydrogen-bond donors (Lipinski definition) is 0. The Morgan fingerprint density at radius 3 is 2.35 bits per heavy atom. The molecule has 1 amide bonds. The van der Waals surface area contributed by atoms with Crippen molar-refractivity contribution in [3.63, 3.8) is 0 Å². The van der Waals surface area contributed by atoms with Gasteiger partial charge in [0.1, 0.15) is 4.87 Å². The summed E-state index contributed by atoms with van der Waals surface area (Å²) in [6, 6.07) is 6.88. The van der Waals surface area contributed by atoms with E-state index in [1.165, 1.54) is 4.90 Å². The zero-order valence-electron chi connectivity index (χ0n) is 10.6. The summed E-state index contributed by atoms with van der Waals surface area (Å²) in [5, 5.41) is 0.591. The number of alkyl halides is 3. The van der Waals surface area contributed by atoms with E-state index in [0.29, 0.717) is 17.1 Å². The van der Waals surface area contributed by atoms with Gasteiger partial charge in [-0.3, -0.25) is 9.69 Å². The summed E-state index contributed by atoms with van der Waals surface area (Å²) in [7, 11) is 0. The number of hydrogen-bond acceptors (Lipinski definition) is 1. The summed E-state index contributed by atoms with van der Waals surface area (Å²) in [6.07, 6.45) is 3.28. The molecule has 20 heavy (non-hydrogen) atoms. The Kier molecular flexibility index (Phi) is 3.65. The van der Waals surface area contributed by atoms with E-state index in [0.717, 1.165) is 19.3 Å². The molecular weight excluding hydrogens is 340 g/mol. The first-order chi connectivity index (χ1) is 9.37. The molecule has 0 bridgehead atoms. The SMILES string of the molecule is O=C1N(c2ccc(Cl)cc2)C(Cl)(Cl)C2CCCCC12Cl. The van der Waals surface area contributed by atoms with Crippen LogP contribution < -0.4 is 4.90 Å². The van der Waals surface area contributed by atoms with Crippen molar-refractivity contribution in [1.82, 2.24) is 0 Å². The van der Waals surface area contributed by atoms with E-state index in [1.807, 2.05) is 0 Å². The second-order valence-electron chi connectivity index (χ2n) is 5.37. The molecule has 2 fully saturated rings. The number of benzene rings is 1. The Hall–Kier alpha value is -0.150. The highest BCUT2D eigenvalue weighted by Gasteiger charge is 2.66. The molecule has 0 radical (unpaired) electrons. The number of carbonyl (C=O) groups is 1. The molecule has 0 N–H and O–H groups in total. The molecule has 108 valence electrons. The van der Waals surface area contributed by atoms with Gasteiger partial charge in [0.25, 0.3) is 5.91 Å². The van der Waals surface area contributed by atoms with Crippen LogP contribution in [0.1, 0.15) is 25.7 Å². The van der Waals surface area contributed by atoms with Gasteiger partial charge in [-0.15, -0.1) is 11.6 Å². The molecule has 2 aliphatic rings. The fraction of sp³-hybridized carbons (Fsp3) is 0.500. The number of fused-ring (bicyclic) bond motifs is 1. The summed E-state index contributed by atoms with van der Waals surface area (Å²) >= 11 is 25.5. The number of rotatable bonds is 1. The number of halogens is 4. The third-order valence-electron chi connectivity index (χ3n) is 4.20. The van der Waals surface area contributed by atoms with Gasteiger partial charge in [-0.2, -0.15) is 0 Å². The normalized spacial score (nSPS) is 32.3. The number of amides is 1. The van der Waals surface area contributed by atoms with Crippen LogP contribution in [0.3, 0.4) is 0 Å². The number of carbonyl (C=O) groups excluding carboxylic acids is 1. The lowest BCUT2D eigenvalue weighted by atomic mass is 9.80. The van der Waals surface area contributed by atoms with Crippen molar-refractivity contribution in [2.24, 2.45) is 5.92 Å². The highest BCUT2D eigenvalue weighted by molar-refractivity contribution is 6.55. The fourth-order valence-corrected chi connectivity index (χ4v) is 4.86. The van der Waals surface area contributed by atoms with Crippen LogP contribution >= 0.6 is 46.4 Å². The molecule has 6 heteroatoms. The number of anilines is 1. The zero-order chi connectivity index (χ0) is 14.5. The lowest BCUT2D eigenvalue weighted by Crippen LogP contribution is -2.40. The predicted molar refractivity (Wildman–Crippen MR) is 83.9 cm³/mol. The highest BCUT2D eigenvalue weighted by Crippen LogP contribution is 2.58. The molecule has 1 aliphatic carbocycles. The van der Waals surface area contributed by atoms with Gasteiger partial charge in [0.2, 0.25) is 4.46 Å². The minimum Gasteiger partial charge on any atom is -0.278 e. The summed E-state index contributed by atoms with van der Waals surface area (Å²) in [5.41, 5.74) is 0.624. The number of nitrogens with zero attached hydrogens (tertiary/aromatic N) is 1. The molecule has 1 aliphatic heterocycles. The molecule has 2 nitrogen and oxygen atoms in total. The van der Waals surface area contributed by atoms with Gasteiger partial charge in [0, 0.05) is 16.6 Å². The van der Waals surface area contributed by atoms with Crippen molar-refractivity contribution in [3.8, 4) is 0 Å². The Morgan fingerprint density at radius 2 is 1.75 bits per heavy atom. The summed E-state index contributed by atoms with van der Waals surface area (Å²) < 4.78 is -1.31. The topological polar surface area (TPSA) is 20.3 Å². The smallest absolute Gasteiger partial charge is 0.251 e. The van der Waals surface area contributed by atoms with Gasteiger partial charge in [-0.25, -0.2) is 0 Å². The second kappa shape index (κ2) is 4.95. The Morgan fingerprint density at radius 1 is 1.10 bits per heavy atom. The largest absolute Gasteiger partial charge is 0.278 e. The molecule has 1 heterocycles. The molecule has 2 unspecified atom stereocenters. The maximum Gasteiger partial charge on any atom is 0.251 e. The van der Waals surface area contributed by atoms with Crippen molar-refractivity contribution in [1.29, 1.82) is 0 Å². The summed E-state index contributed by atoms with van der Waals surface area (Å²) in [4.78, 5) is 13.2. The first-order valence-electron chi connectivity index (χ1n) is 6.54. The van der Waals surface area contributed by atoms with Gasteiger partial charge in [0.15, 0.2) is 0 Å². The van der Waals surface area contributed by atoms with Gasteiger partial charge >= 0.3 is 0 Å². The van der Waals surface area contributed by atoms with E-state index >= 15 is 0 Å². The first-order valence-corrected chi connectivity index (χ1v) is 8.05. The van der Waals surface area contributed by atoms with Crippen molar-refractivity contribution >= 4 is 58.0 Å². The Labute approximate surface area is 137 Å². The Balaban J connectivity index is 2.07. The predicted octanol–water partition coefficient (Wildman–Crippen LogP) is 4.99. The van der Waals surface area contributed by atoms with E-state index in [-0.39, 0.29) is 11.8 Å². The second-order valence-corrected chi connectivity index (χ2v) is 7.82. The van der Waals surface area contributed by atoms with Gasteiger partial charge in [-0.1, -0.05) is 47.6 Å². The van der Waals surface area contributed by atoms with Crippen molar-refractivity contribution < 1.29 is 4.79 Å². The third-order valence-corrected chi connectivity index (χ3v) is 5.93. The molecule has 1 aromatic rings. The van der Waals surface area contributed by atoms with Gasteiger partial charge < -0.3 is 0 Å². The lowest BCUT2D eigenvalue weighted by Gasteiger charge is -2.34. The molecule has 3 rings (SSSR count). The quantitative estimate of drug-likeness (QED) is 0.515. The average Bonchev–Trinajstić information content (AvgIpc) is 2.56. The average molecular weight is 353 g/mol. The molecule has 0 spiro atoms. The minimum atomic E-state index is -1.31. The van der Waals surface area contributed by atoms with Crippen LogP contribution in [0.4, 0.5) is 5.69 Å². The maximum atomic E-state index is 12.8. The van der Waals surface area contributed by atoms with Crippen LogP contribution in [0, 0.1) is 5.92 Å². The zero-order valence-corrected chi connectivity index (χ0v) is 13.6. The van der Waals surface area contributed by atoms with E-state index in [1.54, 1.807) is 24.3 Å². The van der Waals surface area contributed by atoms with Crippen LogP contribution in [0.2, 0.25) is 5.02 Å². The molecule has 1 saturated heterocycles. The van der Waals surface area contributed by atoms with Crippen molar-refractivity contribution in [2.75, 3.05) is 4.90 Å². The molecule has 1 saturated carbocycles. The van der Waals surface area contributed by atoms with Gasteiger partial charge in [0.05, 0.1) is 0 Å². The monoisotopic (exact) mass is 351 g/mol. The van der Waals surface area contributed by atoms with Crippen LogP contribution in [0.5, 0.6) is 0 Å². The summed E-state index contributed by atoms with van der Waals surface area (Å²) in [5.74, 6) is -0.479. The van der Waals surface area contributed by atoms with E-state index in [4.69, 9.17) is 46.4 Å². The molecule has 1 aromatic carbocycles. The summed E-state index contributed by atoms with van der Waals surface area (Å²) in [6.45, 7) is 0. The standard InChI is InChI=1S/C14H13Cl4NO/c15-9-4-6-10(7-5-9)19-12(20)13(16)8-2-1-3-11(13)14(19,17)18/h4-7,11H,1-3,8H2. The molecule has 2 atom stereocenters. The minimum absolute atomic E-state index is 0.212. The molecular formula is C14H13Cl4NO. The highest BCUT2D eigenvalue weighted by atomic mass is 35.5. The van der Waals surface area contributed by atoms with E-state index in [2.05, 4.69) is 0 Å². The molecule has 0 aromatic heterocycles. The lowest BCUT2D eigenvalue weighted by molar-refractivity contribution is -0.120. The Bertz CT molecular complexity index is 545. The van der Waals surface area contributed by atoms with Crippen molar-refractivity contribution in [2.45, 2.75) is 35.0 Å². The van der Waals surface area contributed by atoms with Crippen molar-refractivity contribution in [3.05, 3.63) is 29.3 Å². The van der Waals surface area contributed by atoms with Crippen LogP contribution in [0.25, 0.3) is 0 Å². The van der Waals surface area contributed by atoms with E-state index in [9.17, 15) is 4.79 Å². The first kappa shape index (κ1) is 14.8. The maximum absolute atomic E-state index is 12.8. The van der Waals surface area contributed by atoms with Gasteiger partial charge in [-0.05, 0) is 37.1 Å². The fourth-order valence-electron chi connectivity index (χ4n) is 3.20. The van der Waals surface area contributed by atoms with E-state index < -0.39 is 9.33 Å². The van der Waals surface area contributed by atoms with Crippen LogP contribution in [0.15, 0.2) is 24.3 Å². The third kappa shape index (κ3) is 2.04. The van der Waals surface area contributed by atoms with Crippen LogP contribution in [-0.4, -0.2) is 15.2 Å². The van der Waals surface area contributed by atoms with Crippen LogP contribution in [-0.2, 0) is 4.79 Å².